The Kier molecular flexibility index (Phi) is 4.27. The Morgan fingerprint density at radius 2 is 2.30 bits per heavy atom. The summed E-state index contributed by atoms with van der Waals surface area (Å²) in [5.41, 5.74) is 1.72. The lowest BCUT2D eigenvalue weighted by Crippen LogP contribution is -2.10. The van der Waals surface area contributed by atoms with Crippen LogP contribution in [-0.2, 0) is 10.7 Å². The van der Waals surface area contributed by atoms with E-state index in [-0.39, 0.29) is 24.0 Å². The van der Waals surface area contributed by atoms with Gasteiger partial charge in [0.1, 0.15) is 10.6 Å². The number of fused-ring (bicyclic) bond motifs is 1. The first-order chi connectivity index (χ1) is 11.0. The highest BCUT2D eigenvalue weighted by Gasteiger charge is 2.24. The Morgan fingerprint density at radius 1 is 1.52 bits per heavy atom. The molecule has 0 fully saturated rings. The Morgan fingerprint density at radius 3 is 2.96 bits per heavy atom. The number of nitro benzene ring substituents is 1. The van der Waals surface area contributed by atoms with Gasteiger partial charge in [0.25, 0.3) is 5.69 Å². The second kappa shape index (κ2) is 6.21. The molecule has 2 aromatic rings. The third-order valence-electron chi connectivity index (χ3n) is 3.47. The number of aliphatic imine (C=N–C) groups is 1. The van der Waals surface area contributed by atoms with E-state index in [0.717, 1.165) is 0 Å². The van der Waals surface area contributed by atoms with Crippen LogP contribution in [0.4, 0.5) is 5.69 Å². The molecule has 2 heterocycles. The molecule has 9 heteroatoms. The van der Waals surface area contributed by atoms with Gasteiger partial charge in [0.05, 0.1) is 23.1 Å². The quantitative estimate of drug-likeness (QED) is 0.487. The number of alkyl halides is 1. The fraction of sp³-hybridized carbons (Fsp3) is 0.286. The maximum Gasteiger partial charge on any atom is 0.305 e. The number of nitrogens with zero attached hydrogens (tertiary/aromatic N) is 2. The molecule has 7 nitrogen and oxygen atoms in total. The number of nitro groups is 1. The van der Waals surface area contributed by atoms with E-state index in [4.69, 9.17) is 16.7 Å². The van der Waals surface area contributed by atoms with E-state index in [1.807, 2.05) is 0 Å². The summed E-state index contributed by atoms with van der Waals surface area (Å²) in [7, 11) is 0. The zero-order valence-electron chi connectivity index (χ0n) is 11.8. The monoisotopic (exact) mass is 353 g/mol. The number of hydrogen-bond acceptors (Lipinski definition) is 5. The van der Waals surface area contributed by atoms with Crippen LogP contribution < -0.4 is 0 Å². The number of carbonyl (C=O) groups is 1. The topological polar surface area (TPSA) is 109 Å². The van der Waals surface area contributed by atoms with Gasteiger partial charge in [0.15, 0.2) is 0 Å². The van der Waals surface area contributed by atoms with E-state index < -0.39 is 10.9 Å². The van der Waals surface area contributed by atoms with E-state index in [1.165, 1.54) is 17.8 Å². The molecule has 1 atom stereocenters. The van der Waals surface area contributed by atoms with Crippen LogP contribution in [0.3, 0.4) is 0 Å². The summed E-state index contributed by atoms with van der Waals surface area (Å²) in [6, 6.07) is 4.76. The minimum absolute atomic E-state index is 0.0206. The van der Waals surface area contributed by atoms with Gasteiger partial charge in [0.2, 0.25) is 0 Å². The zero-order chi connectivity index (χ0) is 16.6. The average Bonchev–Trinajstić information content (AvgIpc) is 3.11. The number of aromatic nitrogens is 1. The van der Waals surface area contributed by atoms with Crippen LogP contribution in [0.1, 0.15) is 17.7 Å². The van der Waals surface area contributed by atoms with Gasteiger partial charge in [-0.2, -0.15) is 0 Å². The van der Waals surface area contributed by atoms with E-state index in [0.29, 0.717) is 33.0 Å². The van der Waals surface area contributed by atoms with Crippen LogP contribution in [-0.4, -0.2) is 37.8 Å². The smallest absolute Gasteiger partial charge is 0.305 e. The zero-order valence-corrected chi connectivity index (χ0v) is 13.4. The number of carboxylic acids is 1. The van der Waals surface area contributed by atoms with Gasteiger partial charge in [-0.05, 0) is 17.7 Å². The van der Waals surface area contributed by atoms with Gasteiger partial charge in [-0.25, -0.2) is 0 Å². The normalized spacial score (nSPS) is 17.4. The fourth-order valence-corrected chi connectivity index (χ4v) is 3.68. The first kappa shape index (κ1) is 15.8. The van der Waals surface area contributed by atoms with Crippen molar-refractivity contribution in [3.8, 4) is 0 Å². The number of nitrogens with one attached hydrogen (secondary N) is 1. The molecule has 0 bridgehead atoms. The Labute approximate surface area is 139 Å². The van der Waals surface area contributed by atoms with E-state index >= 15 is 0 Å². The second-order valence-electron chi connectivity index (χ2n) is 5.15. The fourth-order valence-electron chi connectivity index (χ4n) is 2.49. The number of aliphatic carboxylic acids is 1. The predicted octanol–water partition coefficient (Wildman–Crippen LogP) is 3.15. The van der Waals surface area contributed by atoms with Crippen molar-refractivity contribution in [1.29, 1.82) is 0 Å². The van der Waals surface area contributed by atoms with Gasteiger partial charge in [-0.3, -0.25) is 19.9 Å². The molecule has 0 amide bonds. The van der Waals surface area contributed by atoms with Crippen LogP contribution in [0, 0.1) is 10.1 Å². The number of hydrogen-bond donors (Lipinski definition) is 2. The van der Waals surface area contributed by atoms with Gasteiger partial charge in [-0.1, -0.05) is 0 Å². The number of non-ortho nitro benzene ring substituents is 1. The Bertz CT molecular complexity index is 833. The second-order valence-corrected chi connectivity index (χ2v) is 6.43. The highest BCUT2D eigenvalue weighted by atomic mass is 35.5. The number of benzene rings is 1. The van der Waals surface area contributed by atoms with Crippen molar-refractivity contribution >= 4 is 51.0 Å². The number of H-pyrrole nitrogens is 1. The molecule has 0 saturated heterocycles. The summed E-state index contributed by atoms with van der Waals surface area (Å²) >= 11 is 7.23. The predicted molar refractivity (Wildman–Crippen MR) is 89.5 cm³/mol. The van der Waals surface area contributed by atoms with E-state index in [2.05, 4.69) is 9.98 Å². The van der Waals surface area contributed by atoms with Crippen molar-refractivity contribution in [2.24, 2.45) is 4.99 Å². The summed E-state index contributed by atoms with van der Waals surface area (Å²) < 4.78 is 0. The summed E-state index contributed by atoms with van der Waals surface area (Å²) in [5, 5.41) is 21.4. The third kappa shape index (κ3) is 3.18. The molecule has 23 heavy (non-hydrogen) atoms. The molecule has 0 saturated carbocycles. The maximum absolute atomic E-state index is 11.2. The third-order valence-corrected chi connectivity index (χ3v) is 4.93. The highest BCUT2D eigenvalue weighted by molar-refractivity contribution is 8.14. The molecule has 0 unspecified atom stereocenters. The molecular formula is C14H12ClN3O4S. The van der Waals surface area contributed by atoms with Crippen LogP contribution in [0.2, 0.25) is 0 Å². The average molecular weight is 354 g/mol. The van der Waals surface area contributed by atoms with Crippen molar-refractivity contribution in [3.63, 3.8) is 0 Å². The summed E-state index contributed by atoms with van der Waals surface area (Å²) in [5.74, 6) is -0.112. The molecular weight excluding hydrogens is 342 g/mol. The molecule has 3 rings (SSSR count). The SMILES string of the molecule is O=C(O)C[C@@H]1CSC(c2cc3cc(CCl)cc([N+](=O)[O-])c3[nH]2)=N1. The number of halogens is 1. The van der Waals surface area contributed by atoms with Gasteiger partial charge >= 0.3 is 5.97 Å². The lowest BCUT2D eigenvalue weighted by Gasteiger charge is -1.98. The summed E-state index contributed by atoms with van der Waals surface area (Å²) in [6.07, 6.45) is -0.0206. The lowest BCUT2D eigenvalue weighted by atomic mass is 10.1. The van der Waals surface area contributed by atoms with Crippen molar-refractivity contribution in [2.75, 3.05) is 5.75 Å². The molecule has 0 aliphatic carbocycles. The molecule has 120 valence electrons. The van der Waals surface area contributed by atoms with Crippen molar-refractivity contribution < 1.29 is 14.8 Å². The largest absolute Gasteiger partial charge is 0.481 e. The Hall–Kier alpha value is -2.06. The first-order valence-electron chi connectivity index (χ1n) is 6.76. The van der Waals surface area contributed by atoms with Crippen molar-refractivity contribution in [2.45, 2.75) is 18.3 Å². The van der Waals surface area contributed by atoms with E-state index in [9.17, 15) is 14.9 Å². The van der Waals surface area contributed by atoms with E-state index in [1.54, 1.807) is 12.1 Å². The van der Waals surface area contributed by atoms with Crippen LogP contribution >= 0.6 is 23.4 Å². The molecule has 0 radical (unpaired) electrons. The summed E-state index contributed by atoms with van der Waals surface area (Å²) in [6.45, 7) is 0. The van der Waals surface area contributed by atoms with Gasteiger partial charge in [0, 0.05) is 23.1 Å². The molecule has 2 N–H and O–H groups in total. The lowest BCUT2D eigenvalue weighted by molar-refractivity contribution is -0.383. The number of thioether (sulfide) groups is 1. The van der Waals surface area contributed by atoms with Crippen LogP contribution in [0.5, 0.6) is 0 Å². The molecule has 1 aliphatic heterocycles. The standard InChI is InChI=1S/C14H12ClN3O4S/c15-5-7-1-8-3-10(17-13(8)11(2-7)18(21)22)14-16-9(6-23-14)4-12(19)20/h1-3,9,17H,4-6H2,(H,19,20)/t9-/m1/s1. The number of rotatable bonds is 5. The van der Waals surface area contributed by atoms with Gasteiger partial charge < -0.3 is 10.1 Å². The minimum atomic E-state index is -0.889. The van der Waals surface area contributed by atoms with Crippen molar-refractivity contribution in [1.82, 2.24) is 4.98 Å². The molecule has 1 aromatic carbocycles. The first-order valence-corrected chi connectivity index (χ1v) is 8.28. The Balaban J connectivity index is 2.02. The minimum Gasteiger partial charge on any atom is -0.481 e. The molecule has 1 aliphatic rings. The summed E-state index contributed by atoms with van der Waals surface area (Å²) in [4.78, 5) is 28.9. The maximum atomic E-state index is 11.2. The highest BCUT2D eigenvalue weighted by Crippen LogP contribution is 2.32. The van der Waals surface area contributed by atoms with Gasteiger partial charge in [-0.15, -0.1) is 23.4 Å². The number of aromatic amines is 1. The molecule has 1 aromatic heterocycles. The van der Waals surface area contributed by atoms with Crippen molar-refractivity contribution in [3.05, 3.63) is 39.6 Å². The molecule has 0 spiro atoms. The van der Waals surface area contributed by atoms with Crippen LogP contribution in [0.25, 0.3) is 10.9 Å². The number of carboxylic acid groups (broad SMARTS) is 1. The van der Waals surface area contributed by atoms with Crippen LogP contribution in [0.15, 0.2) is 23.2 Å².